The second-order valence-corrected chi connectivity index (χ2v) is 5.59. The number of ether oxygens (including phenoxy) is 1. The highest BCUT2D eigenvalue weighted by Gasteiger charge is 2.34. The lowest BCUT2D eigenvalue weighted by molar-refractivity contribution is -0.132. The molecule has 8 heteroatoms. The zero-order valence-corrected chi connectivity index (χ0v) is 12.8. The van der Waals surface area contributed by atoms with Gasteiger partial charge in [-0.15, -0.1) is 0 Å². The molecule has 2 aromatic heterocycles. The summed E-state index contributed by atoms with van der Waals surface area (Å²) in [7, 11) is 0. The molecule has 0 saturated carbocycles. The fourth-order valence-corrected chi connectivity index (χ4v) is 2.76. The molecule has 1 aliphatic rings. The highest BCUT2D eigenvalue weighted by atomic mass is 19.1. The van der Waals surface area contributed by atoms with Gasteiger partial charge in [-0.25, -0.2) is 4.39 Å². The van der Waals surface area contributed by atoms with Crippen molar-refractivity contribution in [2.75, 3.05) is 13.3 Å². The maximum absolute atomic E-state index is 12.3. The number of aryl methyl sites for hydroxylation is 1. The summed E-state index contributed by atoms with van der Waals surface area (Å²) in [4.78, 5) is 12.3. The minimum absolute atomic E-state index is 0.115. The predicted octanol–water partition coefficient (Wildman–Crippen LogP) is 0.771. The van der Waals surface area contributed by atoms with Crippen LogP contribution in [0.1, 0.15) is 12.0 Å². The van der Waals surface area contributed by atoms with Gasteiger partial charge in [0, 0.05) is 49.8 Å². The number of nitrogens with zero attached hydrogens (tertiary/aromatic N) is 4. The molecular formula is C15H20FN5O2. The van der Waals surface area contributed by atoms with E-state index < -0.39 is 12.8 Å². The second kappa shape index (κ2) is 7.36. The third-order valence-electron chi connectivity index (χ3n) is 3.92. The minimum atomic E-state index is -0.460. The third kappa shape index (κ3) is 3.95. The monoisotopic (exact) mass is 321 g/mol. The molecule has 1 aliphatic heterocycles. The number of rotatable bonds is 7. The molecule has 1 N–H and O–H groups in total. The molecule has 0 aliphatic carbocycles. The Morgan fingerprint density at radius 3 is 3.13 bits per heavy atom. The van der Waals surface area contributed by atoms with Crippen LogP contribution in [-0.4, -0.2) is 44.9 Å². The predicted molar refractivity (Wildman–Crippen MR) is 80.1 cm³/mol. The highest BCUT2D eigenvalue weighted by Crippen LogP contribution is 2.22. The maximum Gasteiger partial charge on any atom is 0.249 e. The normalized spacial score (nSPS) is 20.7. The van der Waals surface area contributed by atoms with Gasteiger partial charge in [-0.3, -0.25) is 14.2 Å². The van der Waals surface area contributed by atoms with Crippen molar-refractivity contribution in [1.82, 2.24) is 24.9 Å². The van der Waals surface area contributed by atoms with Crippen LogP contribution < -0.4 is 5.32 Å². The van der Waals surface area contributed by atoms with Crippen LogP contribution in [0.15, 0.2) is 30.9 Å². The average Bonchev–Trinajstić information content (AvgIpc) is 3.27. The smallest absolute Gasteiger partial charge is 0.249 e. The van der Waals surface area contributed by atoms with E-state index in [-0.39, 0.29) is 18.4 Å². The van der Waals surface area contributed by atoms with Gasteiger partial charge in [0.1, 0.15) is 12.8 Å². The van der Waals surface area contributed by atoms with E-state index in [4.69, 9.17) is 4.74 Å². The molecule has 1 saturated heterocycles. The molecule has 0 bridgehead atoms. The summed E-state index contributed by atoms with van der Waals surface area (Å²) in [5.41, 5.74) is 0.841. The van der Waals surface area contributed by atoms with Crippen LogP contribution in [0.4, 0.5) is 4.39 Å². The van der Waals surface area contributed by atoms with Crippen molar-refractivity contribution in [3.8, 4) is 0 Å². The number of halogens is 1. The fourth-order valence-electron chi connectivity index (χ4n) is 2.76. The molecule has 23 heavy (non-hydrogen) atoms. The Labute approximate surface area is 133 Å². The summed E-state index contributed by atoms with van der Waals surface area (Å²) in [5, 5.41) is 11.1. The van der Waals surface area contributed by atoms with Crippen LogP contribution in [0.3, 0.4) is 0 Å². The van der Waals surface area contributed by atoms with Gasteiger partial charge in [0.25, 0.3) is 0 Å². The van der Waals surface area contributed by atoms with E-state index in [2.05, 4.69) is 15.5 Å². The van der Waals surface area contributed by atoms with Gasteiger partial charge in [-0.1, -0.05) is 0 Å². The first kappa shape index (κ1) is 15.7. The van der Waals surface area contributed by atoms with E-state index in [0.717, 1.165) is 12.0 Å². The summed E-state index contributed by atoms with van der Waals surface area (Å²) in [6.45, 7) is 1.38. The average molecular weight is 321 g/mol. The van der Waals surface area contributed by atoms with Crippen molar-refractivity contribution in [3.63, 3.8) is 0 Å². The molecule has 124 valence electrons. The lowest BCUT2D eigenvalue weighted by Gasteiger charge is -2.17. The molecule has 0 aromatic carbocycles. The van der Waals surface area contributed by atoms with E-state index in [1.165, 1.54) is 4.68 Å². The lowest BCUT2D eigenvalue weighted by Crippen LogP contribution is -2.38. The number of aromatic nitrogens is 4. The highest BCUT2D eigenvalue weighted by molar-refractivity contribution is 5.81. The SMILES string of the molecule is O=C(NCc1cnn(CCF)c1)[C@@H]1OCC[C@@H]1Cn1cccn1. The molecule has 2 aromatic rings. The van der Waals surface area contributed by atoms with Crippen molar-refractivity contribution >= 4 is 5.91 Å². The molecule has 1 fully saturated rings. The molecule has 1 amide bonds. The molecular weight excluding hydrogens is 301 g/mol. The van der Waals surface area contributed by atoms with Crippen LogP contribution in [0.25, 0.3) is 0 Å². The van der Waals surface area contributed by atoms with Crippen LogP contribution in [0, 0.1) is 5.92 Å². The van der Waals surface area contributed by atoms with Gasteiger partial charge in [-0.2, -0.15) is 10.2 Å². The molecule has 0 unspecified atom stereocenters. The number of nitrogens with one attached hydrogen (secondary N) is 1. The van der Waals surface area contributed by atoms with E-state index in [0.29, 0.717) is 19.7 Å². The molecule has 0 radical (unpaired) electrons. The maximum atomic E-state index is 12.3. The summed E-state index contributed by atoms with van der Waals surface area (Å²) in [6.07, 6.45) is 7.35. The van der Waals surface area contributed by atoms with E-state index >= 15 is 0 Å². The Bertz CT molecular complexity index is 628. The number of hydrogen-bond donors (Lipinski definition) is 1. The standard InChI is InChI=1S/C15H20FN5O2/c16-3-6-21-10-12(9-19-21)8-17-15(22)14-13(2-7-23-14)11-20-5-1-4-18-20/h1,4-5,9-10,13-14H,2-3,6-8,11H2,(H,17,22)/t13-,14-/m1/s1. The zero-order chi connectivity index (χ0) is 16.1. The Kier molecular flexibility index (Phi) is 5.02. The van der Waals surface area contributed by atoms with Gasteiger partial charge in [0.15, 0.2) is 0 Å². The van der Waals surface area contributed by atoms with Crippen molar-refractivity contribution in [3.05, 3.63) is 36.4 Å². The van der Waals surface area contributed by atoms with Gasteiger partial charge >= 0.3 is 0 Å². The first-order valence-corrected chi connectivity index (χ1v) is 7.70. The Hall–Kier alpha value is -2.22. The number of hydrogen-bond acceptors (Lipinski definition) is 4. The summed E-state index contributed by atoms with van der Waals surface area (Å²) >= 11 is 0. The lowest BCUT2D eigenvalue weighted by atomic mass is 10.0. The second-order valence-electron chi connectivity index (χ2n) is 5.59. The number of carbonyl (C=O) groups excluding carboxylic acids is 1. The van der Waals surface area contributed by atoms with E-state index in [1.807, 2.05) is 16.9 Å². The van der Waals surface area contributed by atoms with E-state index in [1.54, 1.807) is 18.6 Å². The Morgan fingerprint density at radius 2 is 2.35 bits per heavy atom. The first-order chi connectivity index (χ1) is 11.3. The van der Waals surface area contributed by atoms with Gasteiger partial charge in [0.2, 0.25) is 5.91 Å². The molecule has 2 atom stereocenters. The quantitative estimate of drug-likeness (QED) is 0.817. The summed E-state index contributed by atoms with van der Waals surface area (Å²) < 4.78 is 21.2. The Morgan fingerprint density at radius 1 is 1.43 bits per heavy atom. The van der Waals surface area contributed by atoms with Crippen molar-refractivity contribution in [1.29, 1.82) is 0 Å². The van der Waals surface area contributed by atoms with Crippen LogP contribution >= 0.6 is 0 Å². The summed E-state index contributed by atoms with van der Waals surface area (Å²) in [6, 6.07) is 1.86. The van der Waals surface area contributed by atoms with Gasteiger partial charge < -0.3 is 10.1 Å². The molecule has 7 nitrogen and oxygen atoms in total. The first-order valence-electron chi connectivity index (χ1n) is 7.70. The van der Waals surface area contributed by atoms with Crippen molar-refractivity contribution < 1.29 is 13.9 Å². The topological polar surface area (TPSA) is 74.0 Å². The minimum Gasteiger partial charge on any atom is -0.368 e. The van der Waals surface area contributed by atoms with Crippen LogP contribution in [-0.2, 0) is 29.2 Å². The Balaban J connectivity index is 1.52. The summed E-state index contributed by atoms with van der Waals surface area (Å²) in [5.74, 6) is -0.0120. The largest absolute Gasteiger partial charge is 0.368 e. The van der Waals surface area contributed by atoms with Crippen LogP contribution in [0.2, 0.25) is 0 Å². The van der Waals surface area contributed by atoms with Gasteiger partial charge in [0.05, 0.1) is 12.7 Å². The van der Waals surface area contributed by atoms with Crippen molar-refractivity contribution in [2.45, 2.75) is 32.2 Å². The number of alkyl halides is 1. The van der Waals surface area contributed by atoms with Gasteiger partial charge in [-0.05, 0) is 12.5 Å². The fraction of sp³-hybridized carbons (Fsp3) is 0.533. The zero-order valence-electron chi connectivity index (χ0n) is 12.8. The third-order valence-corrected chi connectivity index (χ3v) is 3.92. The van der Waals surface area contributed by atoms with Crippen molar-refractivity contribution in [2.24, 2.45) is 5.92 Å². The molecule has 0 spiro atoms. The molecule has 3 heterocycles. The van der Waals surface area contributed by atoms with Crippen LogP contribution in [0.5, 0.6) is 0 Å². The number of amides is 1. The van der Waals surface area contributed by atoms with E-state index in [9.17, 15) is 9.18 Å². The molecule has 3 rings (SSSR count). The number of carbonyl (C=O) groups is 1.